The average Bonchev–Trinajstić information content (AvgIpc) is 2.57. The highest BCUT2D eigenvalue weighted by Crippen LogP contribution is 2.24. The van der Waals surface area contributed by atoms with Gasteiger partial charge in [0, 0.05) is 13.0 Å². The van der Waals surface area contributed by atoms with Gasteiger partial charge in [0.25, 0.3) is 0 Å². The molecule has 0 atom stereocenters. The summed E-state index contributed by atoms with van der Waals surface area (Å²) in [5, 5.41) is 9.15. The van der Waals surface area contributed by atoms with E-state index in [-0.39, 0.29) is 12.0 Å². The van der Waals surface area contributed by atoms with Gasteiger partial charge >= 0.3 is 5.97 Å². The number of rotatable bonds is 4. The molecule has 0 aromatic carbocycles. The van der Waals surface area contributed by atoms with Crippen molar-refractivity contribution in [2.75, 3.05) is 13.7 Å². The molecule has 1 N–H and O–H groups in total. The number of ether oxygens (including phenoxy) is 1. The van der Waals surface area contributed by atoms with Gasteiger partial charge in [0.05, 0.1) is 7.11 Å². The molecule has 0 aliphatic carbocycles. The minimum atomic E-state index is -0.394. The van der Waals surface area contributed by atoms with Crippen LogP contribution in [0.1, 0.15) is 35.7 Å². The lowest BCUT2D eigenvalue weighted by Gasteiger charge is -2.19. The highest BCUT2D eigenvalue weighted by Gasteiger charge is 2.22. The summed E-state index contributed by atoms with van der Waals surface area (Å²) in [6.07, 6.45) is 0.585. The van der Waals surface area contributed by atoms with E-state index in [1.54, 1.807) is 13.0 Å². The number of aliphatic hydroxyl groups is 1. The number of furan rings is 1. The molecule has 0 fully saturated rings. The Balaban J connectivity index is 2.89. The predicted octanol–water partition coefficient (Wildman–Crippen LogP) is 1.94. The first kappa shape index (κ1) is 12.8. The molecule has 0 radical (unpaired) electrons. The Morgan fingerprint density at radius 2 is 2.19 bits per heavy atom. The maximum Gasteiger partial charge on any atom is 0.341 e. The minimum Gasteiger partial charge on any atom is -0.465 e. The van der Waals surface area contributed by atoms with Crippen molar-refractivity contribution in [3.63, 3.8) is 0 Å². The number of carbonyl (C=O) groups excluding carboxylic acids is 1. The van der Waals surface area contributed by atoms with E-state index in [0.717, 1.165) is 0 Å². The van der Waals surface area contributed by atoms with Crippen LogP contribution in [-0.4, -0.2) is 24.8 Å². The van der Waals surface area contributed by atoms with Gasteiger partial charge in [-0.25, -0.2) is 4.79 Å². The molecule has 16 heavy (non-hydrogen) atoms. The molecule has 0 spiro atoms. The van der Waals surface area contributed by atoms with Gasteiger partial charge in [0.2, 0.25) is 0 Å². The number of aliphatic hydroxyl groups excluding tert-OH is 1. The zero-order valence-electron chi connectivity index (χ0n) is 10.2. The van der Waals surface area contributed by atoms with E-state index in [2.05, 4.69) is 4.74 Å². The summed E-state index contributed by atoms with van der Waals surface area (Å²) in [5.74, 6) is 0.849. The summed E-state index contributed by atoms with van der Waals surface area (Å²) >= 11 is 0. The Kier molecular flexibility index (Phi) is 3.75. The Morgan fingerprint density at radius 1 is 1.56 bits per heavy atom. The predicted molar refractivity (Wildman–Crippen MR) is 59.4 cm³/mol. The van der Waals surface area contributed by atoms with Crippen molar-refractivity contribution in [2.24, 2.45) is 5.41 Å². The van der Waals surface area contributed by atoms with Crippen molar-refractivity contribution in [2.45, 2.75) is 27.2 Å². The van der Waals surface area contributed by atoms with Crippen LogP contribution in [0.3, 0.4) is 0 Å². The zero-order chi connectivity index (χ0) is 12.3. The SMILES string of the molecule is COC(=O)c1cc(CC(C)(C)CO)oc1C. The number of esters is 1. The van der Waals surface area contributed by atoms with Crippen molar-refractivity contribution in [3.8, 4) is 0 Å². The second-order valence-electron chi connectivity index (χ2n) is 4.67. The summed E-state index contributed by atoms with van der Waals surface area (Å²) < 4.78 is 10.1. The first-order valence-corrected chi connectivity index (χ1v) is 5.18. The first-order valence-electron chi connectivity index (χ1n) is 5.18. The standard InChI is InChI=1S/C12H18O4/c1-8-10(11(14)15-4)5-9(16-8)6-12(2,3)7-13/h5,13H,6-7H2,1-4H3. The van der Waals surface area contributed by atoms with Crippen LogP contribution in [0.4, 0.5) is 0 Å². The molecule has 0 unspecified atom stereocenters. The molecule has 4 nitrogen and oxygen atoms in total. The third kappa shape index (κ3) is 2.85. The molecule has 1 heterocycles. The molecule has 0 saturated heterocycles. The first-order chi connectivity index (χ1) is 7.39. The summed E-state index contributed by atoms with van der Waals surface area (Å²) in [6.45, 7) is 5.66. The lowest BCUT2D eigenvalue weighted by Crippen LogP contribution is -2.19. The summed E-state index contributed by atoms with van der Waals surface area (Å²) in [4.78, 5) is 11.4. The van der Waals surface area contributed by atoms with Gasteiger partial charge in [0.15, 0.2) is 0 Å². The molecule has 0 aliphatic rings. The van der Waals surface area contributed by atoms with Gasteiger partial charge in [0.1, 0.15) is 17.1 Å². The summed E-state index contributed by atoms with van der Waals surface area (Å²) in [6, 6.07) is 1.68. The molecular formula is C12H18O4. The number of methoxy groups -OCH3 is 1. The van der Waals surface area contributed by atoms with Crippen molar-refractivity contribution in [1.29, 1.82) is 0 Å². The van der Waals surface area contributed by atoms with Crippen molar-refractivity contribution < 1.29 is 19.1 Å². The molecule has 1 aromatic heterocycles. The Bertz CT molecular complexity index is 376. The second kappa shape index (κ2) is 4.70. The number of hydrogen-bond acceptors (Lipinski definition) is 4. The lowest BCUT2D eigenvalue weighted by atomic mass is 9.89. The van der Waals surface area contributed by atoms with Crippen LogP contribution in [0, 0.1) is 12.3 Å². The number of hydrogen-bond donors (Lipinski definition) is 1. The molecule has 4 heteroatoms. The summed E-state index contributed by atoms with van der Waals surface area (Å²) in [5.41, 5.74) is 0.198. The van der Waals surface area contributed by atoms with Crippen molar-refractivity contribution in [1.82, 2.24) is 0 Å². The lowest BCUT2D eigenvalue weighted by molar-refractivity contribution is 0.0599. The Morgan fingerprint density at radius 3 is 2.69 bits per heavy atom. The fraction of sp³-hybridized carbons (Fsp3) is 0.583. The highest BCUT2D eigenvalue weighted by atomic mass is 16.5. The monoisotopic (exact) mass is 226 g/mol. The maximum atomic E-state index is 11.4. The van der Waals surface area contributed by atoms with E-state index in [0.29, 0.717) is 23.5 Å². The van der Waals surface area contributed by atoms with Gasteiger partial charge in [-0.1, -0.05) is 13.8 Å². The Labute approximate surface area is 95.2 Å². The highest BCUT2D eigenvalue weighted by molar-refractivity contribution is 5.90. The molecule has 1 aromatic rings. The normalized spacial score (nSPS) is 11.6. The fourth-order valence-electron chi connectivity index (χ4n) is 1.47. The van der Waals surface area contributed by atoms with Crippen molar-refractivity contribution >= 4 is 5.97 Å². The van der Waals surface area contributed by atoms with Crippen molar-refractivity contribution in [3.05, 3.63) is 23.2 Å². The molecule has 90 valence electrons. The zero-order valence-corrected chi connectivity index (χ0v) is 10.2. The van der Waals surface area contributed by atoms with Crippen LogP contribution in [0.5, 0.6) is 0 Å². The van der Waals surface area contributed by atoms with Gasteiger partial charge in [-0.2, -0.15) is 0 Å². The van der Waals surface area contributed by atoms with E-state index in [1.807, 2.05) is 13.8 Å². The van der Waals surface area contributed by atoms with Crippen LogP contribution in [0.25, 0.3) is 0 Å². The largest absolute Gasteiger partial charge is 0.465 e. The number of carbonyl (C=O) groups is 1. The van der Waals surface area contributed by atoms with Crippen LogP contribution in [0.2, 0.25) is 0 Å². The third-order valence-corrected chi connectivity index (χ3v) is 2.45. The van der Waals surface area contributed by atoms with Crippen LogP contribution < -0.4 is 0 Å². The summed E-state index contributed by atoms with van der Waals surface area (Å²) in [7, 11) is 1.34. The van der Waals surface area contributed by atoms with Gasteiger partial charge in [-0.05, 0) is 18.4 Å². The molecular weight excluding hydrogens is 208 g/mol. The van der Waals surface area contributed by atoms with Crippen LogP contribution >= 0.6 is 0 Å². The van der Waals surface area contributed by atoms with E-state index in [4.69, 9.17) is 9.52 Å². The number of aryl methyl sites for hydroxylation is 1. The van der Waals surface area contributed by atoms with Gasteiger partial charge in [-0.3, -0.25) is 0 Å². The van der Waals surface area contributed by atoms with E-state index >= 15 is 0 Å². The van der Waals surface area contributed by atoms with E-state index in [9.17, 15) is 4.79 Å². The van der Waals surface area contributed by atoms with Crippen LogP contribution in [0.15, 0.2) is 10.5 Å². The van der Waals surface area contributed by atoms with E-state index < -0.39 is 5.97 Å². The molecule has 0 saturated carbocycles. The maximum absolute atomic E-state index is 11.4. The van der Waals surface area contributed by atoms with Gasteiger partial charge < -0.3 is 14.3 Å². The third-order valence-electron chi connectivity index (χ3n) is 2.45. The minimum absolute atomic E-state index is 0.0697. The quantitative estimate of drug-likeness (QED) is 0.797. The smallest absolute Gasteiger partial charge is 0.341 e. The molecule has 0 aliphatic heterocycles. The van der Waals surface area contributed by atoms with Gasteiger partial charge in [-0.15, -0.1) is 0 Å². The fourth-order valence-corrected chi connectivity index (χ4v) is 1.47. The van der Waals surface area contributed by atoms with E-state index in [1.165, 1.54) is 7.11 Å². The Hall–Kier alpha value is -1.29. The molecule has 0 bridgehead atoms. The topological polar surface area (TPSA) is 59.7 Å². The second-order valence-corrected chi connectivity index (χ2v) is 4.67. The molecule has 1 rings (SSSR count). The molecule has 0 amide bonds. The average molecular weight is 226 g/mol. The van der Waals surface area contributed by atoms with Crippen LogP contribution in [-0.2, 0) is 11.2 Å².